The minimum atomic E-state index is -0.0962. The maximum Gasteiger partial charge on any atom is 0.0618 e. The van der Waals surface area contributed by atoms with Gasteiger partial charge in [-0.05, 0) is 94.8 Å². The van der Waals surface area contributed by atoms with Crippen molar-refractivity contribution in [1.82, 2.24) is 17.9 Å². The molecule has 0 saturated carbocycles. The third kappa shape index (κ3) is 5.16. The van der Waals surface area contributed by atoms with Gasteiger partial charge in [0, 0.05) is 87.5 Å². The lowest BCUT2D eigenvalue weighted by Gasteiger charge is -2.19. The second kappa shape index (κ2) is 12.6. The van der Waals surface area contributed by atoms with E-state index in [0.717, 1.165) is 0 Å². The van der Waals surface area contributed by atoms with Crippen molar-refractivity contribution in [3.05, 3.63) is 156 Å². The summed E-state index contributed by atoms with van der Waals surface area (Å²) in [7, 11) is 0. The summed E-state index contributed by atoms with van der Waals surface area (Å²) in [5, 5.41) is 13.1. The van der Waals surface area contributed by atoms with E-state index in [9.17, 15) is 0 Å². The molecule has 0 bridgehead atoms. The van der Waals surface area contributed by atoms with Gasteiger partial charge < -0.3 is 17.9 Å². The van der Waals surface area contributed by atoms with Gasteiger partial charge in [-0.1, -0.05) is 144 Å². The average Bonchev–Trinajstić information content (AvgIpc) is 4.10. The van der Waals surface area contributed by atoms with E-state index in [4.69, 9.17) is 0 Å². The Kier molecular flexibility index (Phi) is 7.53. The zero-order chi connectivity index (χ0) is 45.7. The van der Waals surface area contributed by atoms with E-state index >= 15 is 0 Å². The van der Waals surface area contributed by atoms with Gasteiger partial charge in [0.1, 0.15) is 0 Å². The summed E-state index contributed by atoms with van der Waals surface area (Å²) in [4.78, 5) is 0. The second-order valence-electron chi connectivity index (χ2n) is 23.6. The van der Waals surface area contributed by atoms with Crippen LogP contribution in [0.25, 0.3) is 109 Å². The molecule has 4 nitrogen and oxygen atoms in total. The molecule has 0 aliphatic heterocycles. The van der Waals surface area contributed by atoms with Crippen molar-refractivity contribution < 1.29 is 0 Å². The first-order valence-corrected chi connectivity index (χ1v) is 23.9. The van der Waals surface area contributed by atoms with Gasteiger partial charge >= 0.3 is 0 Å². The van der Waals surface area contributed by atoms with Gasteiger partial charge in [0.2, 0.25) is 0 Å². The highest BCUT2D eigenvalue weighted by Gasteiger charge is 2.31. The highest BCUT2D eigenvalue weighted by Crippen LogP contribution is 2.51. The lowest BCUT2D eigenvalue weighted by molar-refractivity contribution is 0.567. The first-order valence-electron chi connectivity index (χ1n) is 23.9. The zero-order valence-electron chi connectivity index (χ0n) is 40.5. The molecule has 6 heterocycles. The third-order valence-electron chi connectivity index (χ3n) is 15.1. The Bertz CT molecular complexity index is 3880. The van der Waals surface area contributed by atoms with Crippen LogP contribution >= 0.6 is 0 Å². The maximum absolute atomic E-state index is 2.63. The molecule has 0 atom stereocenters. The summed E-state index contributed by atoms with van der Waals surface area (Å²) >= 11 is 0. The van der Waals surface area contributed by atoms with E-state index in [1.807, 2.05) is 0 Å². The van der Waals surface area contributed by atoms with Crippen molar-refractivity contribution >= 4 is 98.0 Å². The molecule has 0 aliphatic rings. The monoisotopic (exact) mass is 858 g/mol. The molecule has 0 radical (unpaired) electrons. The fourth-order valence-electron chi connectivity index (χ4n) is 11.9. The Labute approximate surface area is 386 Å². The molecule has 0 amide bonds. The molecule has 7 aromatic carbocycles. The minimum Gasteiger partial charge on any atom is -0.312 e. The Balaban J connectivity index is 1.23. The number of fused-ring (bicyclic) bond motifs is 14. The van der Waals surface area contributed by atoms with Gasteiger partial charge in [-0.2, -0.15) is 0 Å². The first kappa shape index (κ1) is 39.6. The van der Waals surface area contributed by atoms with Crippen LogP contribution in [0.3, 0.4) is 0 Å². The normalized spacial score (nSPS) is 13.8. The third-order valence-corrected chi connectivity index (χ3v) is 15.1. The van der Waals surface area contributed by atoms with Crippen molar-refractivity contribution in [2.45, 2.75) is 105 Å². The molecule has 4 heteroatoms. The smallest absolute Gasteiger partial charge is 0.0618 e. The molecular formula is C62H58N4. The number of nitrogens with zero attached hydrogens (tertiary/aromatic N) is 4. The Hall–Kier alpha value is -6.78. The minimum absolute atomic E-state index is 0.0741. The molecule has 326 valence electrons. The largest absolute Gasteiger partial charge is 0.312 e. The van der Waals surface area contributed by atoms with Gasteiger partial charge in [0.25, 0.3) is 0 Å². The quantitative estimate of drug-likeness (QED) is 0.165. The molecule has 0 N–H and O–H groups in total. The van der Waals surface area contributed by atoms with Crippen molar-refractivity contribution in [2.24, 2.45) is 0 Å². The van der Waals surface area contributed by atoms with Crippen LogP contribution in [-0.4, -0.2) is 17.9 Å². The number of hydrogen-bond donors (Lipinski definition) is 0. The van der Waals surface area contributed by atoms with E-state index < -0.39 is 0 Å². The van der Waals surface area contributed by atoms with E-state index in [2.05, 4.69) is 234 Å². The highest BCUT2D eigenvalue weighted by molar-refractivity contribution is 6.37. The van der Waals surface area contributed by atoms with E-state index in [1.165, 1.54) is 132 Å². The predicted octanol–water partition coefficient (Wildman–Crippen LogP) is 17.1. The number of aromatic nitrogens is 4. The molecule has 13 aromatic rings. The van der Waals surface area contributed by atoms with Crippen LogP contribution in [0.4, 0.5) is 0 Å². The van der Waals surface area contributed by atoms with Crippen LogP contribution in [0.1, 0.15) is 106 Å². The van der Waals surface area contributed by atoms with E-state index in [1.54, 1.807) is 0 Å². The Morgan fingerprint density at radius 1 is 0.303 bits per heavy atom. The van der Waals surface area contributed by atoms with Gasteiger partial charge in [0.05, 0.1) is 44.1 Å². The van der Waals surface area contributed by atoms with Gasteiger partial charge in [-0.25, -0.2) is 0 Å². The fourth-order valence-corrected chi connectivity index (χ4v) is 11.9. The fraction of sp³-hybridized carbons (Fsp3) is 0.258. The summed E-state index contributed by atoms with van der Waals surface area (Å²) in [6.45, 7) is 28.0. The van der Waals surface area contributed by atoms with Crippen LogP contribution in [0.15, 0.2) is 133 Å². The zero-order valence-corrected chi connectivity index (χ0v) is 40.5. The van der Waals surface area contributed by atoms with E-state index in [0.29, 0.717) is 0 Å². The molecule has 0 saturated heterocycles. The summed E-state index contributed by atoms with van der Waals surface area (Å²) < 4.78 is 10.3. The van der Waals surface area contributed by atoms with Crippen LogP contribution in [0.2, 0.25) is 0 Å². The van der Waals surface area contributed by atoms with Crippen LogP contribution in [0.5, 0.6) is 0 Å². The van der Waals surface area contributed by atoms with Crippen LogP contribution in [0, 0.1) is 0 Å². The lowest BCUT2D eigenvalue weighted by atomic mass is 9.87. The maximum atomic E-state index is 2.63. The van der Waals surface area contributed by atoms with Gasteiger partial charge in [-0.3, -0.25) is 0 Å². The number of rotatable bonds is 2. The Morgan fingerprint density at radius 3 is 1.05 bits per heavy atom. The highest BCUT2D eigenvalue weighted by atomic mass is 15.0. The lowest BCUT2D eigenvalue weighted by Crippen LogP contribution is -2.14. The number of para-hydroxylation sites is 2. The molecule has 0 aliphatic carbocycles. The molecule has 6 aromatic heterocycles. The molecule has 13 rings (SSSR count). The average molecular weight is 859 g/mol. The summed E-state index contributed by atoms with van der Waals surface area (Å²) in [6, 6.07) is 51.8. The molecule has 0 spiro atoms. The summed E-state index contributed by atoms with van der Waals surface area (Å²) in [5.74, 6) is 0. The van der Waals surface area contributed by atoms with Crippen molar-refractivity contribution in [1.29, 1.82) is 0 Å². The van der Waals surface area contributed by atoms with Gasteiger partial charge in [-0.15, -0.1) is 0 Å². The van der Waals surface area contributed by atoms with E-state index in [-0.39, 0.29) is 21.7 Å². The topological polar surface area (TPSA) is 18.7 Å². The van der Waals surface area contributed by atoms with Crippen molar-refractivity contribution in [3.8, 4) is 11.4 Å². The summed E-state index contributed by atoms with van der Waals surface area (Å²) in [6.07, 6.45) is 0. The SMILES string of the molecule is CC(C)(C)c1ccc(-n2c3ccccc3c3c4c5cc6c7c8c9ccccc9n(-c9ccc(C(C)(C)C)cc9)c8cc8cc(C(C)(C)C)n(c6cc5n5c(C(C)(C)C)cc(cc32)c45)c87)cc1. The van der Waals surface area contributed by atoms with Gasteiger partial charge in [0.15, 0.2) is 0 Å². The summed E-state index contributed by atoms with van der Waals surface area (Å²) in [5.41, 5.74) is 17.8. The first-order chi connectivity index (χ1) is 31.3. The van der Waals surface area contributed by atoms with Crippen LogP contribution < -0.4 is 0 Å². The predicted molar refractivity (Wildman–Crippen MR) is 284 cm³/mol. The van der Waals surface area contributed by atoms with Crippen molar-refractivity contribution in [3.63, 3.8) is 0 Å². The van der Waals surface area contributed by atoms with Crippen molar-refractivity contribution in [2.75, 3.05) is 0 Å². The molecule has 66 heavy (non-hydrogen) atoms. The second-order valence-corrected chi connectivity index (χ2v) is 23.6. The molecule has 0 fully saturated rings. The van der Waals surface area contributed by atoms with Crippen LogP contribution in [-0.2, 0) is 21.7 Å². The Morgan fingerprint density at radius 2 is 0.682 bits per heavy atom. The molecular weight excluding hydrogens is 801 g/mol. The molecule has 0 unspecified atom stereocenters. The number of benzene rings is 7. The number of hydrogen-bond acceptors (Lipinski definition) is 0. The standard InChI is InChI=1S/C62H58N4/c1-59(2,3)37-21-25-39(26-22-37)63-45-19-15-13-17-41(45)53-49(63)29-35-31-51(61(7,8)9)65-47-34-48-44(33-43(47)55(53)57(35)65)56-54-42-18-14-16-20-46(42)64(40-27-23-38(24-28-40)60(4,5)6)50(54)30-36-32-52(62(10,11)12)66(48)58(36)56/h13-34H,1-12H3.